The van der Waals surface area contributed by atoms with Crippen molar-refractivity contribution in [3.8, 4) is 0 Å². The minimum absolute atomic E-state index is 0.108. The molecule has 34 heavy (non-hydrogen) atoms. The molecule has 1 aromatic heterocycles. The molecule has 0 aliphatic carbocycles. The second kappa shape index (κ2) is 7.98. The third-order valence-corrected chi connectivity index (χ3v) is 7.29. The third kappa shape index (κ3) is 3.60. The maximum atomic E-state index is 14.5. The molecule has 1 fully saturated rings. The fraction of sp³-hybridized carbons (Fsp3) is 0.462. The van der Waals surface area contributed by atoms with Crippen LogP contribution in [-0.2, 0) is 4.79 Å². The van der Waals surface area contributed by atoms with Crippen molar-refractivity contribution in [2.75, 3.05) is 43.0 Å². The standard InChI is InChI=1S/C26H30FN5O2/c1-15-13-26(3,4)32-23-18(15)10-17(27)11-19(23)20(24(32)34)12-22(33)21-14-28-25(29-16(21)2)31-8-6-30(5)7-9-31/h10-12,14-15H,6-9,13H2,1-5H3. The maximum absolute atomic E-state index is 14.5. The Kier molecular flexibility index (Phi) is 5.31. The smallest absolute Gasteiger partial charge is 0.259 e. The number of amides is 1. The van der Waals surface area contributed by atoms with E-state index in [2.05, 4.69) is 26.8 Å². The number of aromatic nitrogens is 2. The highest BCUT2D eigenvalue weighted by molar-refractivity contribution is 6.36. The molecule has 5 rings (SSSR count). The number of hydrogen-bond acceptors (Lipinski definition) is 6. The van der Waals surface area contributed by atoms with E-state index in [0.717, 1.165) is 43.9 Å². The van der Waals surface area contributed by atoms with Gasteiger partial charge in [-0.15, -0.1) is 0 Å². The molecule has 178 valence electrons. The molecule has 1 saturated heterocycles. The van der Waals surface area contributed by atoms with Gasteiger partial charge in [0.1, 0.15) is 5.82 Å². The van der Waals surface area contributed by atoms with Gasteiger partial charge in [-0.3, -0.25) is 9.59 Å². The average molecular weight is 464 g/mol. The first kappa shape index (κ1) is 22.7. The number of likely N-dealkylation sites (N-methyl/N-ethyl adjacent to an activating group) is 1. The lowest BCUT2D eigenvalue weighted by Crippen LogP contribution is -2.49. The van der Waals surface area contributed by atoms with Gasteiger partial charge < -0.3 is 14.7 Å². The minimum atomic E-state index is -0.433. The second-order valence-corrected chi connectivity index (χ2v) is 10.3. The van der Waals surface area contributed by atoms with Crippen LogP contribution in [0.25, 0.3) is 5.57 Å². The quantitative estimate of drug-likeness (QED) is 0.512. The number of halogens is 1. The number of allylic oxidation sites excluding steroid dienone is 1. The predicted molar refractivity (Wildman–Crippen MR) is 130 cm³/mol. The molecule has 0 saturated carbocycles. The van der Waals surface area contributed by atoms with Gasteiger partial charge in [0.2, 0.25) is 5.95 Å². The summed E-state index contributed by atoms with van der Waals surface area (Å²) in [4.78, 5) is 41.9. The molecule has 0 N–H and O–H groups in total. The average Bonchev–Trinajstić information content (AvgIpc) is 3.04. The summed E-state index contributed by atoms with van der Waals surface area (Å²) in [5.41, 5.74) is 2.73. The minimum Gasteiger partial charge on any atom is -0.338 e. The maximum Gasteiger partial charge on any atom is 0.259 e. The van der Waals surface area contributed by atoms with E-state index in [1.807, 2.05) is 20.8 Å². The lowest BCUT2D eigenvalue weighted by atomic mass is 9.80. The van der Waals surface area contributed by atoms with Crippen molar-refractivity contribution in [3.63, 3.8) is 0 Å². The van der Waals surface area contributed by atoms with Gasteiger partial charge in [-0.2, -0.15) is 0 Å². The molecule has 4 heterocycles. The predicted octanol–water partition coefficient (Wildman–Crippen LogP) is 3.57. The SMILES string of the molecule is Cc1nc(N2CCN(C)CC2)ncc1C(=O)C=C1C(=O)N2c3c1cc(F)cc3C(C)CC2(C)C. The number of rotatable bonds is 3. The number of anilines is 2. The van der Waals surface area contributed by atoms with E-state index < -0.39 is 11.4 Å². The molecule has 1 aromatic carbocycles. The Labute approximate surface area is 199 Å². The fourth-order valence-electron chi connectivity index (χ4n) is 5.52. The Morgan fingerprint density at radius 3 is 2.59 bits per heavy atom. The highest BCUT2D eigenvalue weighted by Gasteiger charge is 2.47. The van der Waals surface area contributed by atoms with E-state index >= 15 is 0 Å². The van der Waals surface area contributed by atoms with Crippen LogP contribution < -0.4 is 9.80 Å². The normalized spacial score (nSPS) is 22.9. The van der Waals surface area contributed by atoms with Gasteiger partial charge in [-0.05, 0) is 63.9 Å². The molecule has 0 bridgehead atoms. The molecular weight excluding hydrogens is 433 g/mol. The Hall–Kier alpha value is -3.13. The number of nitrogens with zero attached hydrogens (tertiary/aromatic N) is 5. The molecule has 1 amide bonds. The monoisotopic (exact) mass is 463 g/mol. The first-order valence-corrected chi connectivity index (χ1v) is 11.8. The van der Waals surface area contributed by atoms with Gasteiger partial charge in [0.25, 0.3) is 5.91 Å². The van der Waals surface area contributed by atoms with E-state index in [1.165, 1.54) is 24.4 Å². The molecule has 0 radical (unpaired) electrons. The van der Waals surface area contributed by atoms with Gasteiger partial charge in [0, 0.05) is 43.5 Å². The van der Waals surface area contributed by atoms with Crippen LogP contribution in [0.3, 0.4) is 0 Å². The first-order valence-electron chi connectivity index (χ1n) is 11.8. The number of carbonyl (C=O) groups excluding carboxylic acids is 2. The highest BCUT2D eigenvalue weighted by Crippen LogP contribution is 2.51. The summed E-state index contributed by atoms with van der Waals surface area (Å²) in [6, 6.07) is 2.88. The number of piperazine rings is 1. The molecule has 3 aliphatic rings. The lowest BCUT2D eigenvalue weighted by Gasteiger charge is -2.43. The molecule has 3 aliphatic heterocycles. The van der Waals surface area contributed by atoms with Crippen molar-refractivity contribution in [2.45, 2.75) is 45.6 Å². The molecule has 7 nitrogen and oxygen atoms in total. The Balaban J connectivity index is 1.51. The van der Waals surface area contributed by atoms with Crippen LogP contribution in [-0.4, -0.2) is 65.3 Å². The molecule has 8 heteroatoms. The Morgan fingerprint density at radius 1 is 1.21 bits per heavy atom. The summed E-state index contributed by atoms with van der Waals surface area (Å²) in [5.74, 6) is -0.300. The van der Waals surface area contributed by atoms with E-state index in [9.17, 15) is 14.0 Å². The van der Waals surface area contributed by atoms with Gasteiger partial charge in [0.15, 0.2) is 5.78 Å². The Morgan fingerprint density at radius 2 is 1.91 bits per heavy atom. The van der Waals surface area contributed by atoms with Crippen LogP contribution in [0.4, 0.5) is 16.0 Å². The fourth-order valence-corrected chi connectivity index (χ4v) is 5.52. The Bertz CT molecular complexity index is 1230. The van der Waals surface area contributed by atoms with Crippen LogP contribution in [0.1, 0.15) is 60.3 Å². The number of benzene rings is 1. The van der Waals surface area contributed by atoms with E-state index in [0.29, 0.717) is 22.8 Å². The molecule has 0 spiro atoms. The topological polar surface area (TPSA) is 69.6 Å². The van der Waals surface area contributed by atoms with E-state index in [4.69, 9.17) is 0 Å². The number of hydrogen-bond donors (Lipinski definition) is 0. The molecule has 1 atom stereocenters. The second-order valence-electron chi connectivity index (χ2n) is 10.3. The largest absolute Gasteiger partial charge is 0.338 e. The van der Waals surface area contributed by atoms with Crippen LogP contribution in [0.15, 0.2) is 24.4 Å². The van der Waals surface area contributed by atoms with E-state index in [1.54, 1.807) is 11.8 Å². The van der Waals surface area contributed by atoms with Crippen LogP contribution in [0, 0.1) is 12.7 Å². The third-order valence-electron chi connectivity index (χ3n) is 7.29. The number of carbonyl (C=O) groups is 2. The van der Waals surface area contributed by atoms with Gasteiger partial charge in [-0.25, -0.2) is 14.4 Å². The summed E-state index contributed by atoms with van der Waals surface area (Å²) in [6.07, 6.45) is 3.59. The zero-order valence-corrected chi connectivity index (χ0v) is 20.4. The lowest BCUT2D eigenvalue weighted by molar-refractivity contribution is -0.114. The van der Waals surface area contributed by atoms with Gasteiger partial charge >= 0.3 is 0 Å². The molecule has 2 aromatic rings. The number of aryl methyl sites for hydroxylation is 1. The van der Waals surface area contributed by atoms with Crippen molar-refractivity contribution in [1.82, 2.24) is 14.9 Å². The van der Waals surface area contributed by atoms with Crippen molar-refractivity contribution < 1.29 is 14.0 Å². The summed E-state index contributed by atoms with van der Waals surface area (Å²) >= 11 is 0. The zero-order valence-electron chi connectivity index (χ0n) is 20.4. The van der Waals surface area contributed by atoms with Crippen molar-refractivity contribution in [1.29, 1.82) is 0 Å². The summed E-state index contributed by atoms with van der Waals surface area (Å²) in [7, 11) is 2.08. The number of ketones is 1. The van der Waals surface area contributed by atoms with Crippen LogP contribution in [0.5, 0.6) is 0 Å². The van der Waals surface area contributed by atoms with Crippen molar-refractivity contribution >= 4 is 28.9 Å². The first-order chi connectivity index (χ1) is 16.1. The highest BCUT2D eigenvalue weighted by atomic mass is 19.1. The van der Waals surface area contributed by atoms with Crippen molar-refractivity contribution in [2.24, 2.45) is 0 Å². The van der Waals surface area contributed by atoms with Gasteiger partial charge in [0.05, 0.1) is 22.5 Å². The van der Waals surface area contributed by atoms with Gasteiger partial charge in [-0.1, -0.05) is 6.92 Å². The van der Waals surface area contributed by atoms with Crippen molar-refractivity contribution in [3.05, 3.63) is 52.6 Å². The summed E-state index contributed by atoms with van der Waals surface area (Å²) < 4.78 is 14.5. The van der Waals surface area contributed by atoms with Crippen LogP contribution in [0.2, 0.25) is 0 Å². The van der Waals surface area contributed by atoms with Crippen LogP contribution >= 0.6 is 0 Å². The summed E-state index contributed by atoms with van der Waals surface area (Å²) in [5, 5.41) is 0. The zero-order chi connectivity index (χ0) is 24.4. The molecule has 1 unspecified atom stereocenters. The summed E-state index contributed by atoms with van der Waals surface area (Å²) in [6.45, 7) is 11.4. The molecular formula is C26H30FN5O2. The van der Waals surface area contributed by atoms with E-state index in [-0.39, 0.29) is 23.2 Å².